The second-order valence-electron chi connectivity index (χ2n) is 4.86. The lowest BCUT2D eigenvalue weighted by molar-refractivity contribution is -0.122. The highest BCUT2D eigenvalue weighted by molar-refractivity contribution is 9.10. The number of carbonyl (C=O) groups is 2. The van der Waals surface area contributed by atoms with E-state index in [0.29, 0.717) is 13.0 Å². The number of hydrogen-bond acceptors (Lipinski definition) is 3. The zero-order chi connectivity index (χ0) is 15.7. The molecule has 0 saturated heterocycles. The third kappa shape index (κ3) is 7.82. The molecule has 0 spiro atoms. The van der Waals surface area contributed by atoms with Gasteiger partial charge in [-0.3, -0.25) is 9.59 Å². The number of anilines is 1. The number of benzene rings is 1. The zero-order valence-electron chi connectivity index (χ0n) is 12.4. The van der Waals surface area contributed by atoms with Crippen molar-refractivity contribution in [3.8, 4) is 0 Å². The smallest absolute Gasteiger partial charge is 0.238 e. The number of nitrogens with one attached hydrogen (secondary N) is 3. The summed E-state index contributed by atoms with van der Waals surface area (Å²) in [6.07, 6.45) is 1.28. The molecule has 1 aromatic rings. The van der Waals surface area contributed by atoms with Crippen molar-refractivity contribution in [2.75, 3.05) is 18.4 Å². The first-order valence-electron chi connectivity index (χ1n) is 7.06. The van der Waals surface area contributed by atoms with E-state index in [2.05, 4.69) is 31.9 Å². The molecule has 0 radical (unpaired) electrons. The Morgan fingerprint density at radius 3 is 2.71 bits per heavy atom. The van der Waals surface area contributed by atoms with Crippen molar-refractivity contribution in [3.05, 3.63) is 28.7 Å². The third-order valence-corrected chi connectivity index (χ3v) is 3.44. The first-order chi connectivity index (χ1) is 10.0. The first kappa shape index (κ1) is 17.7. The Morgan fingerprint density at radius 1 is 1.29 bits per heavy atom. The molecule has 2 amide bonds. The van der Waals surface area contributed by atoms with Crippen LogP contribution in [0.3, 0.4) is 0 Å². The quantitative estimate of drug-likeness (QED) is 0.626. The van der Waals surface area contributed by atoms with Crippen molar-refractivity contribution in [2.24, 2.45) is 0 Å². The summed E-state index contributed by atoms with van der Waals surface area (Å²) in [6, 6.07) is 7.59. The minimum Gasteiger partial charge on any atom is -0.354 e. The average Bonchev–Trinajstić information content (AvgIpc) is 2.43. The van der Waals surface area contributed by atoms with Crippen LogP contribution < -0.4 is 16.0 Å². The van der Waals surface area contributed by atoms with Crippen molar-refractivity contribution in [1.82, 2.24) is 10.6 Å². The Kier molecular flexibility index (Phi) is 8.00. The standard InChI is InChI=1S/C15H22BrN3O2/c1-3-11(2)18-14(20)7-8-17-10-15(21)19-13-6-4-5-12(16)9-13/h4-6,9,11,17H,3,7-8,10H2,1-2H3,(H,18,20)(H,19,21). The normalized spacial score (nSPS) is 11.8. The molecule has 1 atom stereocenters. The van der Waals surface area contributed by atoms with E-state index in [0.717, 1.165) is 16.6 Å². The van der Waals surface area contributed by atoms with Crippen LogP contribution in [0.15, 0.2) is 28.7 Å². The van der Waals surface area contributed by atoms with Crippen LogP contribution in [-0.2, 0) is 9.59 Å². The predicted molar refractivity (Wildman–Crippen MR) is 88.2 cm³/mol. The van der Waals surface area contributed by atoms with Gasteiger partial charge in [0.25, 0.3) is 0 Å². The largest absolute Gasteiger partial charge is 0.354 e. The van der Waals surface area contributed by atoms with Gasteiger partial charge in [0.1, 0.15) is 0 Å². The Balaban J connectivity index is 2.18. The monoisotopic (exact) mass is 355 g/mol. The number of halogens is 1. The van der Waals surface area contributed by atoms with E-state index in [9.17, 15) is 9.59 Å². The molecule has 0 aliphatic carbocycles. The van der Waals surface area contributed by atoms with Crippen LogP contribution in [0.1, 0.15) is 26.7 Å². The number of rotatable bonds is 8. The fourth-order valence-electron chi connectivity index (χ4n) is 1.62. The fourth-order valence-corrected chi connectivity index (χ4v) is 2.02. The Hall–Kier alpha value is -1.40. The van der Waals surface area contributed by atoms with E-state index in [4.69, 9.17) is 0 Å². The van der Waals surface area contributed by atoms with E-state index in [1.165, 1.54) is 0 Å². The van der Waals surface area contributed by atoms with Crippen LogP contribution in [0, 0.1) is 0 Å². The molecule has 1 unspecified atom stereocenters. The Bertz CT molecular complexity index is 480. The van der Waals surface area contributed by atoms with Crippen LogP contribution in [0.25, 0.3) is 0 Å². The van der Waals surface area contributed by atoms with Crippen LogP contribution >= 0.6 is 15.9 Å². The molecule has 0 aliphatic heterocycles. The van der Waals surface area contributed by atoms with E-state index >= 15 is 0 Å². The molecule has 5 nitrogen and oxygen atoms in total. The lowest BCUT2D eigenvalue weighted by atomic mass is 10.2. The highest BCUT2D eigenvalue weighted by Gasteiger charge is 2.06. The van der Waals surface area contributed by atoms with Gasteiger partial charge >= 0.3 is 0 Å². The summed E-state index contributed by atoms with van der Waals surface area (Å²) in [5, 5.41) is 8.62. The van der Waals surface area contributed by atoms with Crippen molar-refractivity contribution in [2.45, 2.75) is 32.7 Å². The van der Waals surface area contributed by atoms with E-state index in [1.54, 1.807) is 0 Å². The van der Waals surface area contributed by atoms with Gasteiger partial charge in [-0.2, -0.15) is 0 Å². The van der Waals surface area contributed by atoms with Crippen molar-refractivity contribution < 1.29 is 9.59 Å². The highest BCUT2D eigenvalue weighted by atomic mass is 79.9. The molecule has 21 heavy (non-hydrogen) atoms. The molecule has 1 rings (SSSR count). The summed E-state index contributed by atoms with van der Waals surface area (Å²) in [6.45, 7) is 4.66. The molecule has 0 fully saturated rings. The molecular formula is C15H22BrN3O2. The minimum atomic E-state index is -0.129. The Morgan fingerprint density at radius 2 is 2.05 bits per heavy atom. The van der Waals surface area contributed by atoms with Gasteiger partial charge in [-0.25, -0.2) is 0 Å². The average molecular weight is 356 g/mol. The van der Waals surface area contributed by atoms with Gasteiger partial charge in [-0.15, -0.1) is 0 Å². The fraction of sp³-hybridized carbons (Fsp3) is 0.467. The van der Waals surface area contributed by atoms with Crippen LogP contribution in [0.5, 0.6) is 0 Å². The van der Waals surface area contributed by atoms with E-state index in [-0.39, 0.29) is 24.4 Å². The van der Waals surface area contributed by atoms with Crippen LogP contribution in [-0.4, -0.2) is 30.9 Å². The van der Waals surface area contributed by atoms with E-state index < -0.39 is 0 Å². The molecule has 1 aromatic carbocycles. The summed E-state index contributed by atoms with van der Waals surface area (Å²) in [5.41, 5.74) is 0.741. The summed E-state index contributed by atoms with van der Waals surface area (Å²) in [7, 11) is 0. The molecule has 6 heteroatoms. The van der Waals surface area contributed by atoms with Gasteiger partial charge < -0.3 is 16.0 Å². The molecule has 0 bridgehead atoms. The van der Waals surface area contributed by atoms with Crippen LogP contribution in [0.4, 0.5) is 5.69 Å². The van der Waals surface area contributed by atoms with Gasteiger partial charge in [0.05, 0.1) is 6.54 Å². The van der Waals surface area contributed by atoms with Crippen LogP contribution in [0.2, 0.25) is 0 Å². The molecule has 0 aromatic heterocycles. The number of hydrogen-bond donors (Lipinski definition) is 3. The maximum Gasteiger partial charge on any atom is 0.238 e. The molecule has 0 heterocycles. The van der Waals surface area contributed by atoms with Crippen molar-refractivity contribution in [1.29, 1.82) is 0 Å². The minimum absolute atomic E-state index is 0.00393. The van der Waals surface area contributed by atoms with Gasteiger partial charge in [-0.05, 0) is 31.5 Å². The summed E-state index contributed by atoms with van der Waals surface area (Å²) < 4.78 is 0.912. The topological polar surface area (TPSA) is 70.2 Å². The first-order valence-corrected chi connectivity index (χ1v) is 7.86. The summed E-state index contributed by atoms with van der Waals surface area (Å²) >= 11 is 3.35. The van der Waals surface area contributed by atoms with Gasteiger partial charge in [0.2, 0.25) is 11.8 Å². The summed E-state index contributed by atoms with van der Waals surface area (Å²) in [4.78, 5) is 23.2. The third-order valence-electron chi connectivity index (χ3n) is 2.94. The summed E-state index contributed by atoms with van der Waals surface area (Å²) in [5.74, 6) is -0.125. The molecule has 116 valence electrons. The molecule has 3 N–H and O–H groups in total. The van der Waals surface area contributed by atoms with Gasteiger partial charge in [0.15, 0.2) is 0 Å². The lowest BCUT2D eigenvalue weighted by Crippen LogP contribution is -2.35. The molecule has 0 aliphatic rings. The Labute approximate surface area is 134 Å². The lowest BCUT2D eigenvalue weighted by Gasteiger charge is -2.11. The SMILES string of the molecule is CCC(C)NC(=O)CCNCC(=O)Nc1cccc(Br)c1. The predicted octanol–water partition coefficient (Wildman–Crippen LogP) is 2.28. The second kappa shape index (κ2) is 9.52. The van der Waals surface area contributed by atoms with Crippen molar-refractivity contribution in [3.63, 3.8) is 0 Å². The second-order valence-corrected chi connectivity index (χ2v) is 5.78. The van der Waals surface area contributed by atoms with Crippen molar-refractivity contribution >= 4 is 33.4 Å². The maximum absolute atomic E-state index is 11.7. The molecule has 0 saturated carbocycles. The van der Waals surface area contributed by atoms with Gasteiger partial charge in [-0.1, -0.05) is 28.9 Å². The maximum atomic E-state index is 11.7. The number of amides is 2. The number of carbonyl (C=O) groups excluding carboxylic acids is 2. The zero-order valence-corrected chi connectivity index (χ0v) is 14.0. The molecular weight excluding hydrogens is 334 g/mol. The highest BCUT2D eigenvalue weighted by Crippen LogP contribution is 2.15. The van der Waals surface area contributed by atoms with E-state index in [1.807, 2.05) is 38.1 Å². The van der Waals surface area contributed by atoms with Gasteiger partial charge in [0, 0.05) is 29.2 Å².